The Bertz CT molecular complexity index is 549. The molecule has 3 nitrogen and oxygen atoms in total. The summed E-state index contributed by atoms with van der Waals surface area (Å²) in [6.07, 6.45) is 9.21. The van der Waals surface area contributed by atoms with Gasteiger partial charge in [0, 0.05) is 5.41 Å². The van der Waals surface area contributed by atoms with Crippen molar-refractivity contribution < 1.29 is 0 Å². The Morgan fingerprint density at radius 2 is 2.21 bits per heavy atom. The van der Waals surface area contributed by atoms with Crippen molar-refractivity contribution in [1.82, 2.24) is 9.97 Å². The summed E-state index contributed by atoms with van der Waals surface area (Å²) in [6, 6.07) is 0. The number of nitrogens with zero attached hydrogens (tertiary/aromatic N) is 1. The fraction of sp³-hybridized carbons (Fsp3) is 0.273. The van der Waals surface area contributed by atoms with Crippen LogP contribution in [-0.2, 0) is 0 Å². The first-order valence-electron chi connectivity index (χ1n) is 4.55. The molecular formula is C11H12N2O. The molecule has 0 atom stereocenters. The standard InChI is InChI=1S/C11H12N2O/c1-11(2)5-3-4-9-8(6-11)10(14)13-7-12-9/h3-7H,1-2H3,(H,12,13,14). The van der Waals surface area contributed by atoms with E-state index in [0.29, 0.717) is 5.22 Å². The van der Waals surface area contributed by atoms with E-state index in [-0.39, 0.29) is 11.0 Å². The zero-order chi connectivity index (χ0) is 10.2. The topological polar surface area (TPSA) is 45.8 Å². The third-order valence-electron chi connectivity index (χ3n) is 2.22. The summed E-state index contributed by atoms with van der Waals surface area (Å²) in [5.41, 5.74) is -0.180. The molecule has 0 bridgehead atoms. The fourth-order valence-corrected chi connectivity index (χ4v) is 1.50. The van der Waals surface area contributed by atoms with Gasteiger partial charge in [0.15, 0.2) is 0 Å². The number of H-pyrrole nitrogens is 1. The van der Waals surface area contributed by atoms with Gasteiger partial charge in [-0.15, -0.1) is 0 Å². The number of aromatic amines is 1. The summed E-state index contributed by atoms with van der Waals surface area (Å²) < 4.78 is 0. The molecule has 14 heavy (non-hydrogen) atoms. The molecule has 0 fully saturated rings. The van der Waals surface area contributed by atoms with Crippen molar-refractivity contribution >= 4 is 12.2 Å². The van der Waals surface area contributed by atoms with Crippen molar-refractivity contribution in [2.24, 2.45) is 5.41 Å². The lowest BCUT2D eigenvalue weighted by molar-refractivity contribution is 0.669. The summed E-state index contributed by atoms with van der Waals surface area (Å²) in [4.78, 5) is 18.2. The molecule has 0 saturated heterocycles. The van der Waals surface area contributed by atoms with E-state index in [9.17, 15) is 4.79 Å². The first kappa shape index (κ1) is 8.94. The van der Waals surface area contributed by atoms with Crippen molar-refractivity contribution in [2.75, 3.05) is 0 Å². The van der Waals surface area contributed by atoms with E-state index in [1.54, 1.807) is 0 Å². The van der Waals surface area contributed by atoms with Crippen LogP contribution in [0.1, 0.15) is 13.8 Å². The van der Waals surface area contributed by atoms with Crippen LogP contribution < -0.4 is 16.1 Å². The summed E-state index contributed by atoms with van der Waals surface area (Å²) in [7, 11) is 0. The Hall–Kier alpha value is -1.64. The lowest BCUT2D eigenvalue weighted by Gasteiger charge is -2.12. The van der Waals surface area contributed by atoms with Gasteiger partial charge >= 0.3 is 0 Å². The smallest absolute Gasteiger partial charge is 0.258 e. The second-order valence-corrected chi connectivity index (χ2v) is 4.02. The minimum absolute atomic E-state index is 0.0805. The zero-order valence-electron chi connectivity index (χ0n) is 8.24. The maximum absolute atomic E-state index is 11.5. The Morgan fingerprint density at radius 3 is 3.00 bits per heavy atom. The van der Waals surface area contributed by atoms with Gasteiger partial charge < -0.3 is 4.98 Å². The van der Waals surface area contributed by atoms with E-state index < -0.39 is 0 Å². The normalized spacial score (nSPS) is 17.6. The van der Waals surface area contributed by atoms with E-state index in [4.69, 9.17) is 0 Å². The van der Waals surface area contributed by atoms with Gasteiger partial charge in [-0.1, -0.05) is 32.1 Å². The van der Waals surface area contributed by atoms with Crippen LogP contribution in [-0.4, -0.2) is 9.97 Å². The third kappa shape index (κ3) is 1.53. The molecule has 1 N–H and O–H groups in total. The van der Waals surface area contributed by atoms with Crippen LogP contribution in [0.25, 0.3) is 12.2 Å². The molecular weight excluding hydrogens is 176 g/mol. The Balaban J connectivity index is 2.92. The lowest BCUT2D eigenvalue weighted by atomic mass is 9.93. The largest absolute Gasteiger partial charge is 0.313 e. The maximum Gasteiger partial charge on any atom is 0.258 e. The number of fused-ring (bicyclic) bond motifs is 1. The molecule has 0 spiro atoms. The molecule has 1 aliphatic rings. The monoisotopic (exact) mass is 188 g/mol. The SMILES string of the molecule is CC1(C)C=CC=c2nc[nH]c(=O)c2=C1. The summed E-state index contributed by atoms with van der Waals surface area (Å²) >= 11 is 0. The highest BCUT2D eigenvalue weighted by atomic mass is 16.1. The minimum Gasteiger partial charge on any atom is -0.313 e. The van der Waals surface area contributed by atoms with E-state index in [1.807, 2.05) is 24.3 Å². The van der Waals surface area contributed by atoms with Gasteiger partial charge in [0.05, 0.1) is 16.9 Å². The van der Waals surface area contributed by atoms with Crippen molar-refractivity contribution in [1.29, 1.82) is 0 Å². The molecule has 3 heteroatoms. The number of aromatic nitrogens is 2. The number of hydrogen-bond acceptors (Lipinski definition) is 2. The second-order valence-electron chi connectivity index (χ2n) is 4.02. The van der Waals surface area contributed by atoms with Gasteiger partial charge in [0.25, 0.3) is 5.56 Å². The Kier molecular flexibility index (Phi) is 1.88. The molecule has 0 aliphatic heterocycles. The number of hydrogen-bond donors (Lipinski definition) is 1. The highest BCUT2D eigenvalue weighted by Gasteiger charge is 2.11. The first-order chi connectivity index (χ1) is 6.58. The van der Waals surface area contributed by atoms with Crippen molar-refractivity contribution in [3.8, 4) is 0 Å². The number of allylic oxidation sites excluding steroid dienone is 2. The molecule has 1 aliphatic carbocycles. The summed E-state index contributed by atoms with van der Waals surface area (Å²) in [6.45, 7) is 4.11. The van der Waals surface area contributed by atoms with Crippen LogP contribution >= 0.6 is 0 Å². The molecule has 0 saturated carbocycles. The van der Waals surface area contributed by atoms with Crippen molar-refractivity contribution in [3.63, 3.8) is 0 Å². The Labute approximate surface area is 81.5 Å². The van der Waals surface area contributed by atoms with Gasteiger partial charge in [-0.25, -0.2) is 4.98 Å². The molecule has 0 aromatic carbocycles. The summed E-state index contributed by atoms with van der Waals surface area (Å²) in [5.74, 6) is 0. The van der Waals surface area contributed by atoms with Gasteiger partial charge in [0.1, 0.15) is 0 Å². The van der Waals surface area contributed by atoms with E-state index in [0.717, 1.165) is 5.35 Å². The highest BCUT2D eigenvalue weighted by Crippen LogP contribution is 2.18. The van der Waals surface area contributed by atoms with Crippen molar-refractivity contribution in [3.05, 3.63) is 39.4 Å². The van der Waals surface area contributed by atoms with Crippen LogP contribution in [0.3, 0.4) is 0 Å². The fourth-order valence-electron chi connectivity index (χ4n) is 1.50. The quantitative estimate of drug-likeness (QED) is 0.619. The highest BCUT2D eigenvalue weighted by molar-refractivity contribution is 5.46. The van der Waals surface area contributed by atoms with Crippen LogP contribution in [0.2, 0.25) is 0 Å². The van der Waals surface area contributed by atoms with Gasteiger partial charge in [-0.2, -0.15) is 0 Å². The first-order valence-corrected chi connectivity index (χ1v) is 4.55. The molecule has 1 aromatic heterocycles. The minimum atomic E-state index is -0.0994. The molecule has 72 valence electrons. The van der Waals surface area contributed by atoms with E-state index in [2.05, 4.69) is 23.8 Å². The van der Waals surface area contributed by atoms with Gasteiger partial charge in [-0.05, 0) is 6.08 Å². The second kappa shape index (κ2) is 2.94. The average molecular weight is 188 g/mol. The lowest BCUT2D eigenvalue weighted by Crippen LogP contribution is -2.43. The molecule has 1 heterocycles. The average Bonchev–Trinajstić information content (AvgIpc) is 2.24. The van der Waals surface area contributed by atoms with E-state index in [1.165, 1.54) is 6.33 Å². The van der Waals surface area contributed by atoms with Crippen molar-refractivity contribution in [2.45, 2.75) is 13.8 Å². The maximum atomic E-state index is 11.5. The van der Waals surface area contributed by atoms with E-state index >= 15 is 0 Å². The van der Waals surface area contributed by atoms with Crippen LogP contribution in [0.15, 0.2) is 23.3 Å². The van der Waals surface area contributed by atoms with Crippen LogP contribution in [0.5, 0.6) is 0 Å². The Morgan fingerprint density at radius 1 is 1.43 bits per heavy atom. The summed E-state index contributed by atoms with van der Waals surface area (Å²) in [5, 5.41) is 1.39. The number of nitrogens with one attached hydrogen (secondary N) is 1. The number of rotatable bonds is 0. The van der Waals surface area contributed by atoms with Gasteiger partial charge in [-0.3, -0.25) is 4.79 Å². The predicted octanol–water partition coefficient (Wildman–Crippen LogP) is -0.0731. The molecule has 1 aromatic rings. The predicted molar refractivity (Wildman–Crippen MR) is 56.0 cm³/mol. The van der Waals surface area contributed by atoms with Gasteiger partial charge in [0.2, 0.25) is 0 Å². The van der Waals surface area contributed by atoms with Crippen LogP contribution in [0.4, 0.5) is 0 Å². The molecule has 2 rings (SSSR count). The zero-order valence-corrected chi connectivity index (χ0v) is 8.24. The molecule has 0 unspecified atom stereocenters. The molecule has 0 radical (unpaired) electrons. The molecule has 0 amide bonds. The van der Waals surface area contributed by atoms with Crippen LogP contribution in [0, 0.1) is 5.41 Å². The third-order valence-corrected chi connectivity index (χ3v) is 2.22.